The van der Waals surface area contributed by atoms with Crippen molar-refractivity contribution in [1.82, 2.24) is 24.9 Å². The van der Waals surface area contributed by atoms with Gasteiger partial charge in [-0.05, 0) is 19.1 Å². The third kappa shape index (κ3) is 4.40. The van der Waals surface area contributed by atoms with E-state index in [0.717, 1.165) is 60.4 Å². The Balaban J connectivity index is 1.29. The molecule has 0 atom stereocenters. The molecule has 1 saturated heterocycles. The molecule has 0 radical (unpaired) electrons. The van der Waals surface area contributed by atoms with E-state index < -0.39 is 0 Å². The molecule has 140 valence electrons. The highest BCUT2D eigenvalue weighted by Crippen LogP contribution is 2.23. The summed E-state index contributed by atoms with van der Waals surface area (Å²) < 4.78 is 5.28. The van der Waals surface area contributed by atoms with E-state index in [1.54, 1.807) is 23.7 Å². The van der Waals surface area contributed by atoms with Crippen molar-refractivity contribution in [1.29, 1.82) is 0 Å². The normalized spacial score (nSPS) is 15.2. The predicted octanol–water partition coefficient (Wildman–Crippen LogP) is 2.39. The Labute approximate surface area is 161 Å². The van der Waals surface area contributed by atoms with Crippen LogP contribution in [0.15, 0.2) is 40.5 Å². The highest BCUT2D eigenvalue weighted by Gasteiger charge is 2.22. The van der Waals surface area contributed by atoms with Gasteiger partial charge >= 0.3 is 0 Å². The zero-order valence-electron chi connectivity index (χ0n) is 15.2. The van der Waals surface area contributed by atoms with Crippen molar-refractivity contribution < 1.29 is 9.32 Å². The number of nitrogens with zero attached hydrogens (tertiary/aromatic N) is 5. The molecule has 1 amide bonds. The van der Waals surface area contributed by atoms with Gasteiger partial charge in [-0.3, -0.25) is 14.7 Å². The Hall–Kier alpha value is -2.58. The number of hydrogen-bond acceptors (Lipinski definition) is 7. The van der Waals surface area contributed by atoms with Crippen molar-refractivity contribution in [2.24, 2.45) is 0 Å². The number of amides is 1. The SMILES string of the molecule is Cc1cc(CN2CCN(C(=O)Cc3csc(-c4cccnc4)n3)CC2)on1. The van der Waals surface area contributed by atoms with E-state index in [0.29, 0.717) is 6.42 Å². The van der Waals surface area contributed by atoms with E-state index in [-0.39, 0.29) is 5.91 Å². The summed E-state index contributed by atoms with van der Waals surface area (Å²) in [5, 5.41) is 6.78. The van der Waals surface area contributed by atoms with E-state index in [4.69, 9.17) is 4.52 Å². The van der Waals surface area contributed by atoms with Gasteiger partial charge in [-0.25, -0.2) is 4.98 Å². The van der Waals surface area contributed by atoms with E-state index in [2.05, 4.69) is 20.0 Å². The number of pyridine rings is 1. The molecule has 0 N–H and O–H groups in total. The van der Waals surface area contributed by atoms with Crippen molar-refractivity contribution in [3.05, 3.63) is 53.1 Å². The molecule has 0 aliphatic carbocycles. The Morgan fingerprint density at radius 2 is 2.15 bits per heavy atom. The van der Waals surface area contributed by atoms with Crippen molar-refractivity contribution in [2.75, 3.05) is 26.2 Å². The molecule has 1 fully saturated rings. The molecule has 1 aliphatic rings. The molecule has 0 aromatic carbocycles. The lowest BCUT2D eigenvalue weighted by Gasteiger charge is -2.34. The summed E-state index contributed by atoms with van der Waals surface area (Å²) in [6, 6.07) is 5.83. The molecular formula is C19H21N5O2S. The molecule has 1 aliphatic heterocycles. The molecule has 27 heavy (non-hydrogen) atoms. The standard InChI is InChI=1S/C19H21N5O2S/c1-14-9-17(26-22-14)12-23-5-7-24(8-6-23)18(25)10-16-13-27-19(21-16)15-3-2-4-20-11-15/h2-4,9,11,13H,5-8,10,12H2,1H3. The lowest BCUT2D eigenvalue weighted by Crippen LogP contribution is -2.48. The predicted molar refractivity (Wildman–Crippen MR) is 102 cm³/mol. The average molecular weight is 383 g/mol. The largest absolute Gasteiger partial charge is 0.360 e. The summed E-state index contributed by atoms with van der Waals surface area (Å²) >= 11 is 1.55. The molecule has 3 aromatic rings. The van der Waals surface area contributed by atoms with Crippen LogP contribution in [-0.2, 0) is 17.8 Å². The lowest BCUT2D eigenvalue weighted by atomic mass is 10.2. The maximum absolute atomic E-state index is 12.6. The van der Waals surface area contributed by atoms with Gasteiger partial charge in [0.1, 0.15) is 5.01 Å². The third-order valence-electron chi connectivity index (χ3n) is 4.57. The fourth-order valence-corrected chi connectivity index (χ4v) is 3.95. The quantitative estimate of drug-likeness (QED) is 0.673. The van der Waals surface area contributed by atoms with Gasteiger partial charge < -0.3 is 9.42 Å². The number of piperazine rings is 1. The van der Waals surface area contributed by atoms with Crippen LogP contribution in [0.1, 0.15) is 17.1 Å². The van der Waals surface area contributed by atoms with E-state index in [1.165, 1.54) is 0 Å². The number of hydrogen-bond donors (Lipinski definition) is 0. The van der Waals surface area contributed by atoms with Gasteiger partial charge in [-0.2, -0.15) is 0 Å². The number of aryl methyl sites for hydroxylation is 1. The van der Waals surface area contributed by atoms with Crippen LogP contribution in [0.2, 0.25) is 0 Å². The summed E-state index contributed by atoms with van der Waals surface area (Å²) in [5.74, 6) is 1.01. The summed E-state index contributed by atoms with van der Waals surface area (Å²) in [5.41, 5.74) is 2.70. The molecule has 7 nitrogen and oxygen atoms in total. The summed E-state index contributed by atoms with van der Waals surface area (Å²) in [4.78, 5) is 25.5. The first kappa shape index (κ1) is 17.8. The number of carbonyl (C=O) groups is 1. The highest BCUT2D eigenvalue weighted by atomic mass is 32.1. The fraction of sp³-hybridized carbons (Fsp3) is 0.368. The summed E-state index contributed by atoms with van der Waals surface area (Å²) in [7, 11) is 0. The molecule has 0 bridgehead atoms. The Bertz CT molecular complexity index is 900. The van der Waals surface area contributed by atoms with E-state index in [9.17, 15) is 4.79 Å². The summed E-state index contributed by atoms with van der Waals surface area (Å²) in [6.07, 6.45) is 3.88. The minimum atomic E-state index is 0.133. The smallest absolute Gasteiger partial charge is 0.228 e. The molecule has 0 unspecified atom stereocenters. The molecule has 0 spiro atoms. The van der Waals surface area contributed by atoms with Crippen LogP contribution < -0.4 is 0 Å². The van der Waals surface area contributed by atoms with Gasteiger partial charge in [0.05, 0.1) is 24.4 Å². The molecule has 3 aromatic heterocycles. The Morgan fingerprint density at radius 1 is 1.30 bits per heavy atom. The second kappa shape index (κ2) is 7.98. The van der Waals surface area contributed by atoms with Crippen molar-refractivity contribution >= 4 is 17.2 Å². The zero-order valence-corrected chi connectivity index (χ0v) is 16.0. The maximum atomic E-state index is 12.6. The number of thiazole rings is 1. The molecule has 8 heteroatoms. The lowest BCUT2D eigenvalue weighted by molar-refractivity contribution is -0.132. The van der Waals surface area contributed by atoms with Crippen LogP contribution in [0.4, 0.5) is 0 Å². The van der Waals surface area contributed by atoms with E-state index >= 15 is 0 Å². The topological polar surface area (TPSA) is 75.4 Å². The number of carbonyl (C=O) groups excluding carboxylic acids is 1. The second-order valence-corrected chi connectivity index (χ2v) is 7.51. The molecular weight excluding hydrogens is 362 g/mol. The first-order chi connectivity index (χ1) is 13.2. The minimum Gasteiger partial charge on any atom is -0.360 e. The van der Waals surface area contributed by atoms with Crippen LogP contribution in [-0.4, -0.2) is 57.0 Å². The van der Waals surface area contributed by atoms with Crippen molar-refractivity contribution in [2.45, 2.75) is 19.9 Å². The van der Waals surface area contributed by atoms with Crippen LogP contribution in [0.3, 0.4) is 0 Å². The minimum absolute atomic E-state index is 0.133. The second-order valence-electron chi connectivity index (χ2n) is 6.65. The van der Waals surface area contributed by atoms with Crippen LogP contribution in [0, 0.1) is 6.92 Å². The van der Waals surface area contributed by atoms with Gasteiger partial charge in [0.15, 0.2) is 5.76 Å². The van der Waals surface area contributed by atoms with Crippen LogP contribution >= 0.6 is 11.3 Å². The van der Waals surface area contributed by atoms with Crippen molar-refractivity contribution in [3.63, 3.8) is 0 Å². The number of aromatic nitrogens is 3. The molecule has 4 rings (SSSR count). The monoisotopic (exact) mass is 383 g/mol. The molecule has 4 heterocycles. The third-order valence-corrected chi connectivity index (χ3v) is 5.51. The van der Waals surface area contributed by atoms with Gasteiger partial charge in [-0.1, -0.05) is 5.16 Å². The fourth-order valence-electron chi connectivity index (χ4n) is 3.14. The van der Waals surface area contributed by atoms with Crippen LogP contribution in [0.25, 0.3) is 10.6 Å². The highest BCUT2D eigenvalue weighted by molar-refractivity contribution is 7.13. The zero-order chi connectivity index (χ0) is 18.6. The van der Waals surface area contributed by atoms with Crippen molar-refractivity contribution in [3.8, 4) is 10.6 Å². The van der Waals surface area contributed by atoms with Gasteiger partial charge in [-0.15, -0.1) is 11.3 Å². The van der Waals surface area contributed by atoms with Crippen LogP contribution in [0.5, 0.6) is 0 Å². The van der Waals surface area contributed by atoms with Gasteiger partial charge in [0.25, 0.3) is 0 Å². The average Bonchev–Trinajstić information content (AvgIpc) is 3.32. The van der Waals surface area contributed by atoms with E-state index in [1.807, 2.05) is 35.4 Å². The molecule has 0 saturated carbocycles. The number of rotatable bonds is 5. The maximum Gasteiger partial charge on any atom is 0.228 e. The Morgan fingerprint density at radius 3 is 2.85 bits per heavy atom. The first-order valence-corrected chi connectivity index (χ1v) is 9.82. The van der Waals surface area contributed by atoms with Gasteiger partial charge in [0.2, 0.25) is 5.91 Å². The summed E-state index contributed by atoms with van der Waals surface area (Å²) in [6.45, 7) is 5.79. The Kier molecular flexibility index (Phi) is 5.26. The first-order valence-electron chi connectivity index (χ1n) is 8.94. The van der Waals surface area contributed by atoms with Gasteiger partial charge in [0, 0.05) is 55.6 Å².